The minimum absolute atomic E-state index is 0.0370. The molecule has 0 saturated carbocycles. The van der Waals surface area contributed by atoms with E-state index in [-0.39, 0.29) is 16.7 Å². The van der Waals surface area contributed by atoms with Crippen molar-refractivity contribution in [3.8, 4) is 0 Å². The summed E-state index contributed by atoms with van der Waals surface area (Å²) in [6.45, 7) is 0. The molecular weight excluding hydrogens is 167 g/mol. The van der Waals surface area contributed by atoms with E-state index in [2.05, 4.69) is 0 Å². The largest absolute Gasteiger partial charge is 0.328 e. The first-order valence-corrected chi connectivity index (χ1v) is 4.80. The van der Waals surface area contributed by atoms with E-state index in [4.69, 9.17) is 0 Å². The minimum atomic E-state index is -4.42. The highest BCUT2D eigenvalue weighted by atomic mass is 32.3. The lowest BCUT2D eigenvalue weighted by molar-refractivity contribution is 0.554. The van der Waals surface area contributed by atoms with Gasteiger partial charge in [0.25, 0.3) is 0 Å². The molecule has 0 amide bonds. The van der Waals surface area contributed by atoms with Gasteiger partial charge in [-0.3, -0.25) is 0 Å². The molecule has 0 radical (unpaired) electrons. The van der Waals surface area contributed by atoms with Gasteiger partial charge in [0.1, 0.15) is 0 Å². The first-order valence-electron chi connectivity index (χ1n) is 3.42. The van der Waals surface area contributed by atoms with Gasteiger partial charge in [-0.25, -0.2) is 0 Å². The molecule has 0 spiro atoms. The van der Waals surface area contributed by atoms with Crippen molar-refractivity contribution in [1.82, 2.24) is 0 Å². The van der Waals surface area contributed by atoms with Crippen molar-refractivity contribution in [2.75, 3.05) is 0 Å². The number of fused-ring (bicyclic) bond motifs is 2. The van der Waals surface area contributed by atoms with Crippen LogP contribution in [0.5, 0.6) is 0 Å². The van der Waals surface area contributed by atoms with Gasteiger partial charge in [-0.2, -0.15) is 8.42 Å². The molecule has 2 rings (SSSR count). The molecule has 2 aliphatic rings. The molecule has 60 valence electrons. The van der Waals surface area contributed by atoms with Crippen molar-refractivity contribution in [2.45, 2.75) is 6.42 Å². The number of halogens is 1. The van der Waals surface area contributed by atoms with E-state index in [0.29, 0.717) is 0 Å². The van der Waals surface area contributed by atoms with Crippen LogP contribution in [-0.2, 0) is 10.2 Å². The topological polar surface area (TPSA) is 34.1 Å². The zero-order valence-electron chi connectivity index (χ0n) is 5.70. The lowest BCUT2D eigenvalue weighted by atomic mass is 10.2. The van der Waals surface area contributed by atoms with Crippen LogP contribution in [0.4, 0.5) is 3.89 Å². The Hall–Kier alpha value is -0.640. The highest BCUT2D eigenvalue weighted by Gasteiger charge is 2.35. The first-order chi connectivity index (χ1) is 5.07. The van der Waals surface area contributed by atoms with E-state index in [9.17, 15) is 12.3 Å². The maximum absolute atomic E-state index is 12.4. The highest BCUT2D eigenvalue weighted by molar-refractivity contribution is 7.90. The van der Waals surface area contributed by atoms with Crippen molar-refractivity contribution in [3.63, 3.8) is 0 Å². The van der Waals surface area contributed by atoms with E-state index in [0.717, 1.165) is 6.42 Å². The van der Waals surface area contributed by atoms with Gasteiger partial charge in [-0.15, -0.1) is 3.89 Å². The summed E-state index contributed by atoms with van der Waals surface area (Å²) in [7, 11) is -4.42. The molecule has 2 unspecified atom stereocenters. The Balaban J connectivity index is 2.41. The molecule has 0 aromatic heterocycles. The maximum atomic E-state index is 12.4. The maximum Gasteiger partial charge on any atom is 0.328 e. The molecular formula is C7H7FO2S. The summed E-state index contributed by atoms with van der Waals surface area (Å²) in [4.78, 5) is -0.0370. The van der Waals surface area contributed by atoms with Crippen molar-refractivity contribution in [1.29, 1.82) is 0 Å². The SMILES string of the molecule is O=S(=O)(F)C1=CC2C=CC1C2. The normalized spacial score (nSPS) is 34.5. The smallest absolute Gasteiger partial charge is 0.190 e. The van der Waals surface area contributed by atoms with Gasteiger partial charge >= 0.3 is 10.2 Å². The second-order valence-electron chi connectivity index (χ2n) is 2.90. The lowest BCUT2D eigenvalue weighted by Gasteiger charge is -2.02. The van der Waals surface area contributed by atoms with E-state index < -0.39 is 10.2 Å². The fourth-order valence-electron chi connectivity index (χ4n) is 1.66. The highest BCUT2D eigenvalue weighted by Crippen LogP contribution is 2.40. The summed E-state index contributed by atoms with van der Waals surface area (Å²) in [5, 5.41) is 0. The number of allylic oxidation sites excluding steroid dienone is 4. The third kappa shape index (κ3) is 1.01. The zero-order chi connectivity index (χ0) is 8.06. The lowest BCUT2D eigenvalue weighted by Crippen LogP contribution is -2.02. The molecule has 11 heavy (non-hydrogen) atoms. The monoisotopic (exact) mass is 174 g/mol. The molecule has 2 bridgehead atoms. The van der Waals surface area contributed by atoms with Gasteiger partial charge in [0, 0.05) is 5.92 Å². The minimum Gasteiger partial charge on any atom is -0.190 e. The predicted molar refractivity (Wildman–Crippen MR) is 38.8 cm³/mol. The fraction of sp³-hybridized carbons (Fsp3) is 0.429. The second kappa shape index (κ2) is 1.94. The van der Waals surface area contributed by atoms with Crippen LogP contribution in [0, 0.1) is 11.8 Å². The molecule has 0 aromatic carbocycles. The number of hydrogen-bond donors (Lipinski definition) is 0. The van der Waals surface area contributed by atoms with Crippen molar-refractivity contribution >= 4 is 10.2 Å². The van der Waals surface area contributed by atoms with Gasteiger partial charge < -0.3 is 0 Å². The molecule has 2 aliphatic carbocycles. The summed E-state index contributed by atoms with van der Waals surface area (Å²) in [6, 6.07) is 0. The third-order valence-electron chi connectivity index (χ3n) is 2.14. The van der Waals surface area contributed by atoms with E-state index in [1.165, 1.54) is 6.08 Å². The third-order valence-corrected chi connectivity index (χ3v) is 3.14. The van der Waals surface area contributed by atoms with Crippen LogP contribution in [0.3, 0.4) is 0 Å². The molecule has 0 aromatic rings. The van der Waals surface area contributed by atoms with Crippen LogP contribution in [0.25, 0.3) is 0 Å². The zero-order valence-corrected chi connectivity index (χ0v) is 6.51. The van der Waals surface area contributed by atoms with Crippen LogP contribution >= 0.6 is 0 Å². The Labute approximate surface area is 64.6 Å². The molecule has 0 saturated heterocycles. The Bertz CT molecular complexity index is 339. The molecule has 4 heteroatoms. The summed E-state index contributed by atoms with van der Waals surface area (Å²) in [5.41, 5.74) is 0. The van der Waals surface area contributed by atoms with Crippen LogP contribution in [-0.4, -0.2) is 8.42 Å². The van der Waals surface area contributed by atoms with Crippen LogP contribution in [0.15, 0.2) is 23.1 Å². The van der Waals surface area contributed by atoms with E-state index in [1.54, 1.807) is 6.08 Å². The Morgan fingerprint density at radius 1 is 1.45 bits per heavy atom. The van der Waals surface area contributed by atoms with Gasteiger partial charge in [0.15, 0.2) is 0 Å². The van der Waals surface area contributed by atoms with Gasteiger partial charge in [0.2, 0.25) is 0 Å². The summed E-state index contributed by atoms with van der Waals surface area (Å²) in [5.74, 6) is -0.0319. The molecule has 0 heterocycles. The first kappa shape index (κ1) is 7.03. The molecule has 0 aliphatic heterocycles. The molecule has 0 N–H and O–H groups in total. The Morgan fingerprint density at radius 2 is 2.18 bits per heavy atom. The Kier molecular flexibility index (Phi) is 1.24. The standard InChI is InChI=1S/C7H7FO2S/c8-11(9,10)7-4-5-1-2-6(7)3-5/h1-2,4-6H,3H2. The van der Waals surface area contributed by atoms with Crippen LogP contribution in [0.1, 0.15) is 6.42 Å². The Morgan fingerprint density at radius 3 is 2.45 bits per heavy atom. The number of hydrogen-bond acceptors (Lipinski definition) is 2. The summed E-state index contributed by atoms with van der Waals surface area (Å²) in [6.07, 6.45) is 5.91. The molecule has 2 nitrogen and oxygen atoms in total. The molecule has 2 atom stereocenters. The summed E-state index contributed by atoms with van der Waals surface area (Å²) < 4.78 is 33.3. The van der Waals surface area contributed by atoms with Crippen molar-refractivity contribution < 1.29 is 12.3 Å². The van der Waals surface area contributed by atoms with Crippen molar-refractivity contribution in [3.05, 3.63) is 23.1 Å². The van der Waals surface area contributed by atoms with Crippen LogP contribution in [0.2, 0.25) is 0 Å². The number of rotatable bonds is 1. The van der Waals surface area contributed by atoms with Gasteiger partial charge in [-0.05, 0) is 12.3 Å². The van der Waals surface area contributed by atoms with Crippen molar-refractivity contribution in [2.24, 2.45) is 11.8 Å². The fourth-order valence-corrected chi connectivity index (χ4v) is 2.53. The van der Waals surface area contributed by atoms with E-state index in [1.807, 2.05) is 6.08 Å². The predicted octanol–water partition coefficient (Wildman–Crippen LogP) is 1.38. The van der Waals surface area contributed by atoms with E-state index >= 15 is 0 Å². The summed E-state index contributed by atoms with van der Waals surface area (Å²) >= 11 is 0. The molecule has 0 fully saturated rings. The van der Waals surface area contributed by atoms with Gasteiger partial charge in [-0.1, -0.05) is 18.2 Å². The van der Waals surface area contributed by atoms with Gasteiger partial charge in [0.05, 0.1) is 4.91 Å². The second-order valence-corrected chi connectivity index (χ2v) is 4.24. The quantitative estimate of drug-likeness (QED) is 0.444. The average Bonchev–Trinajstić information content (AvgIpc) is 2.42. The van der Waals surface area contributed by atoms with Crippen LogP contribution < -0.4 is 0 Å². The average molecular weight is 174 g/mol.